The number of hydrogen-bond acceptors (Lipinski definition) is 3. The molecule has 0 saturated heterocycles. The minimum atomic E-state index is 0.364. The Morgan fingerprint density at radius 3 is 2.61 bits per heavy atom. The minimum absolute atomic E-state index is 0.364. The van der Waals surface area contributed by atoms with Crippen molar-refractivity contribution in [2.24, 2.45) is 0 Å². The third kappa shape index (κ3) is 2.08. The van der Waals surface area contributed by atoms with Gasteiger partial charge in [-0.1, -0.05) is 30.7 Å². The van der Waals surface area contributed by atoms with E-state index in [0.29, 0.717) is 5.95 Å². The van der Waals surface area contributed by atoms with Gasteiger partial charge in [-0.25, -0.2) is 9.97 Å². The number of nitrogens with zero attached hydrogens (tertiary/aromatic N) is 2. The molecule has 0 spiro atoms. The van der Waals surface area contributed by atoms with E-state index in [0.717, 1.165) is 18.5 Å². The third-order valence-corrected chi connectivity index (χ3v) is 3.55. The summed E-state index contributed by atoms with van der Waals surface area (Å²) in [5, 5.41) is 0. The second-order valence-electron chi connectivity index (χ2n) is 4.82. The molecule has 1 aliphatic rings. The molecule has 3 nitrogen and oxygen atoms in total. The first kappa shape index (κ1) is 11.2. The molecule has 0 aliphatic heterocycles. The Labute approximate surface area is 107 Å². The van der Waals surface area contributed by atoms with Crippen molar-refractivity contribution in [3.63, 3.8) is 0 Å². The van der Waals surface area contributed by atoms with Crippen molar-refractivity contribution in [3.05, 3.63) is 41.6 Å². The lowest BCUT2D eigenvalue weighted by Crippen LogP contribution is -2.01. The molecule has 0 atom stereocenters. The fraction of sp³-hybridized carbons (Fsp3) is 0.333. The Morgan fingerprint density at radius 2 is 1.72 bits per heavy atom. The van der Waals surface area contributed by atoms with E-state index in [2.05, 4.69) is 34.2 Å². The molecule has 2 N–H and O–H groups in total. The van der Waals surface area contributed by atoms with E-state index in [-0.39, 0.29) is 0 Å². The first-order valence-electron chi connectivity index (χ1n) is 6.54. The first-order chi connectivity index (χ1) is 8.84. The van der Waals surface area contributed by atoms with Crippen LogP contribution in [0.25, 0.3) is 11.3 Å². The molecular formula is C15H17N3. The van der Waals surface area contributed by atoms with Crippen molar-refractivity contribution >= 4 is 5.95 Å². The zero-order valence-corrected chi connectivity index (χ0v) is 10.4. The smallest absolute Gasteiger partial charge is 0.220 e. The number of aromatic nitrogens is 2. The number of aryl methyl sites for hydroxylation is 2. The van der Waals surface area contributed by atoms with E-state index in [1.165, 1.54) is 36.0 Å². The van der Waals surface area contributed by atoms with E-state index in [4.69, 9.17) is 5.73 Å². The highest BCUT2D eigenvalue weighted by Gasteiger charge is 2.13. The van der Waals surface area contributed by atoms with E-state index in [1.54, 1.807) is 0 Å². The molecule has 0 fully saturated rings. The van der Waals surface area contributed by atoms with Gasteiger partial charge in [0, 0.05) is 11.8 Å². The third-order valence-electron chi connectivity index (χ3n) is 3.55. The number of nitrogens with two attached hydrogens (primary N) is 1. The maximum atomic E-state index is 5.75. The molecule has 3 heteroatoms. The second kappa shape index (κ2) is 4.77. The molecule has 1 heterocycles. The molecule has 2 aromatic rings. The van der Waals surface area contributed by atoms with Crippen molar-refractivity contribution < 1.29 is 0 Å². The van der Waals surface area contributed by atoms with Gasteiger partial charge in [0.15, 0.2) is 0 Å². The van der Waals surface area contributed by atoms with Crippen LogP contribution < -0.4 is 5.73 Å². The van der Waals surface area contributed by atoms with Gasteiger partial charge in [-0.05, 0) is 36.8 Å². The lowest BCUT2D eigenvalue weighted by molar-refractivity contribution is 0.682. The van der Waals surface area contributed by atoms with Crippen LogP contribution in [0.4, 0.5) is 5.95 Å². The van der Waals surface area contributed by atoms with Gasteiger partial charge in [0.2, 0.25) is 5.95 Å². The van der Waals surface area contributed by atoms with Gasteiger partial charge in [-0.3, -0.25) is 0 Å². The number of benzene rings is 1. The lowest BCUT2D eigenvalue weighted by atomic mass is 9.98. The predicted octanol–water partition coefficient (Wildman–Crippen LogP) is 2.99. The molecule has 18 heavy (non-hydrogen) atoms. The van der Waals surface area contributed by atoms with Crippen molar-refractivity contribution in [1.29, 1.82) is 0 Å². The molecule has 0 radical (unpaired) electrons. The highest BCUT2D eigenvalue weighted by Crippen LogP contribution is 2.29. The first-order valence-corrected chi connectivity index (χ1v) is 6.54. The Hall–Kier alpha value is -1.90. The average Bonchev–Trinajstić information content (AvgIpc) is 2.48. The lowest BCUT2D eigenvalue weighted by Gasteiger charge is -2.11. The summed E-state index contributed by atoms with van der Waals surface area (Å²) in [7, 11) is 0. The summed E-state index contributed by atoms with van der Waals surface area (Å²) in [6.07, 6.45) is 7.77. The quantitative estimate of drug-likeness (QED) is 0.769. The summed E-state index contributed by atoms with van der Waals surface area (Å²) in [5.74, 6) is 0.364. The van der Waals surface area contributed by atoms with Crippen LogP contribution in [-0.4, -0.2) is 9.97 Å². The summed E-state index contributed by atoms with van der Waals surface area (Å²) in [4.78, 5) is 8.60. The van der Waals surface area contributed by atoms with E-state index in [9.17, 15) is 0 Å². The standard InChI is InChI=1S/C15H17N3/c16-15-17-10-12-8-3-1-2-6-11-7-4-5-9-13(11)14(12)18-15/h4-5,7,9-10H,1-3,6,8H2,(H2,16,17,18). The normalized spacial score (nSPS) is 14.9. The minimum Gasteiger partial charge on any atom is -0.368 e. The van der Waals surface area contributed by atoms with Crippen molar-refractivity contribution in [1.82, 2.24) is 9.97 Å². The maximum Gasteiger partial charge on any atom is 0.220 e. The van der Waals surface area contributed by atoms with Gasteiger partial charge in [0.05, 0.1) is 5.69 Å². The Morgan fingerprint density at radius 1 is 0.944 bits per heavy atom. The molecule has 0 bridgehead atoms. The fourth-order valence-corrected chi connectivity index (χ4v) is 2.61. The molecule has 92 valence electrons. The molecule has 0 amide bonds. The molecule has 1 aromatic carbocycles. The highest BCUT2D eigenvalue weighted by molar-refractivity contribution is 5.67. The molecule has 1 aromatic heterocycles. The SMILES string of the molecule is Nc1ncc2c(n1)-c1ccccc1CCCCC2. The van der Waals surface area contributed by atoms with Crippen LogP contribution in [-0.2, 0) is 12.8 Å². The predicted molar refractivity (Wildman–Crippen MR) is 73.1 cm³/mol. The van der Waals surface area contributed by atoms with Crippen molar-refractivity contribution in [2.45, 2.75) is 32.1 Å². The van der Waals surface area contributed by atoms with Crippen molar-refractivity contribution in [3.8, 4) is 11.3 Å². The molecular weight excluding hydrogens is 222 g/mol. The number of anilines is 1. The molecule has 1 aliphatic carbocycles. The van der Waals surface area contributed by atoms with Crippen LogP contribution in [0, 0.1) is 0 Å². The summed E-state index contributed by atoms with van der Waals surface area (Å²) in [6.45, 7) is 0. The van der Waals surface area contributed by atoms with Gasteiger partial charge in [-0.15, -0.1) is 0 Å². The maximum absolute atomic E-state index is 5.75. The summed E-state index contributed by atoms with van der Waals surface area (Å²) < 4.78 is 0. The van der Waals surface area contributed by atoms with Crippen molar-refractivity contribution in [2.75, 3.05) is 5.73 Å². The Balaban J connectivity index is 2.20. The van der Waals surface area contributed by atoms with Gasteiger partial charge < -0.3 is 5.73 Å². The number of fused-ring (bicyclic) bond motifs is 3. The molecule has 0 saturated carbocycles. The number of nitrogen functional groups attached to an aromatic ring is 1. The van der Waals surface area contributed by atoms with E-state index < -0.39 is 0 Å². The van der Waals surface area contributed by atoms with E-state index in [1.807, 2.05) is 6.20 Å². The second-order valence-corrected chi connectivity index (χ2v) is 4.82. The zero-order chi connectivity index (χ0) is 12.4. The van der Waals surface area contributed by atoms with Gasteiger partial charge in [0.25, 0.3) is 0 Å². The van der Waals surface area contributed by atoms with Crippen LogP contribution in [0.15, 0.2) is 30.5 Å². The molecule has 3 rings (SSSR count). The number of hydrogen-bond donors (Lipinski definition) is 1. The average molecular weight is 239 g/mol. The van der Waals surface area contributed by atoms with Crippen LogP contribution in [0.3, 0.4) is 0 Å². The van der Waals surface area contributed by atoms with Crippen LogP contribution in [0.2, 0.25) is 0 Å². The fourth-order valence-electron chi connectivity index (χ4n) is 2.61. The monoisotopic (exact) mass is 239 g/mol. The van der Waals surface area contributed by atoms with Gasteiger partial charge in [0.1, 0.15) is 0 Å². The topological polar surface area (TPSA) is 51.8 Å². The van der Waals surface area contributed by atoms with Crippen LogP contribution in [0.1, 0.15) is 30.4 Å². The van der Waals surface area contributed by atoms with Gasteiger partial charge >= 0.3 is 0 Å². The number of rotatable bonds is 0. The summed E-state index contributed by atoms with van der Waals surface area (Å²) >= 11 is 0. The summed E-state index contributed by atoms with van der Waals surface area (Å²) in [6, 6.07) is 8.51. The van der Waals surface area contributed by atoms with E-state index >= 15 is 0 Å². The molecule has 0 unspecified atom stereocenters. The largest absolute Gasteiger partial charge is 0.368 e. The summed E-state index contributed by atoms with van der Waals surface area (Å²) in [5.41, 5.74) is 10.6. The Kier molecular flexibility index (Phi) is 2.97. The van der Waals surface area contributed by atoms with Crippen LogP contribution >= 0.6 is 0 Å². The van der Waals surface area contributed by atoms with Gasteiger partial charge in [-0.2, -0.15) is 0 Å². The zero-order valence-electron chi connectivity index (χ0n) is 10.4. The highest BCUT2D eigenvalue weighted by atomic mass is 15.0. The van der Waals surface area contributed by atoms with Crippen LogP contribution in [0.5, 0.6) is 0 Å². The Bertz CT molecular complexity index is 563.